The minimum Gasteiger partial charge on any atom is -0.308 e. The number of fused-ring (bicyclic) bond motifs is 1. The van der Waals surface area contributed by atoms with Gasteiger partial charge in [-0.1, -0.05) is 41.9 Å². The van der Waals surface area contributed by atoms with Crippen molar-refractivity contribution in [1.29, 1.82) is 0 Å². The molecule has 1 fully saturated rings. The standard InChI is InChI=1S/C23H27ClN2O/c1-17-13-20-6-2-3-8-22(20)26(17)23(27)16-25-11-9-18(10-12-25)14-19-5-4-7-21(24)15-19/h2-8,15,17-18H,9-14,16H2,1H3. The summed E-state index contributed by atoms with van der Waals surface area (Å²) in [4.78, 5) is 17.3. The minimum atomic E-state index is 0.237. The van der Waals surface area contributed by atoms with Gasteiger partial charge in [-0.25, -0.2) is 0 Å². The summed E-state index contributed by atoms with van der Waals surface area (Å²) in [5.41, 5.74) is 3.71. The largest absolute Gasteiger partial charge is 0.308 e. The molecule has 1 atom stereocenters. The summed E-state index contributed by atoms with van der Waals surface area (Å²) in [5, 5.41) is 0.815. The van der Waals surface area contributed by atoms with Crippen molar-refractivity contribution in [2.75, 3.05) is 24.5 Å². The maximum Gasteiger partial charge on any atom is 0.241 e. The number of piperidine rings is 1. The molecule has 0 spiro atoms. The number of amides is 1. The zero-order chi connectivity index (χ0) is 18.8. The summed E-state index contributed by atoms with van der Waals surface area (Å²) in [5.74, 6) is 0.919. The normalized spacial score (nSPS) is 20.7. The molecule has 27 heavy (non-hydrogen) atoms. The number of hydrogen-bond acceptors (Lipinski definition) is 2. The molecule has 0 aliphatic carbocycles. The number of carbonyl (C=O) groups is 1. The van der Waals surface area contributed by atoms with E-state index in [0.29, 0.717) is 12.5 Å². The molecule has 1 unspecified atom stereocenters. The number of halogens is 1. The molecule has 2 heterocycles. The van der Waals surface area contributed by atoms with Gasteiger partial charge in [-0.15, -0.1) is 0 Å². The van der Waals surface area contributed by atoms with Crippen molar-refractivity contribution in [2.45, 2.75) is 38.6 Å². The molecule has 2 aromatic carbocycles. The lowest BCUT2D eigenvalue weighted by molar-refractivity contribution is -0.120. The highest BCUT2D eigenvalue weighted by molar-refractivity contribution is 6.30. The first kappa shape index (κ1) is 18.5. The molecule has 142 valence electrons. The van der Waals surface area contributed by atoms with Crippen LogP contribution in [-0.4, -0.2) is 36.5 Å². The van der Waals surface area contributed by atoms with Gasteiger partial charge >= 0.3 is 0 Å². The van der Waals surface area contributed by atoms with Crippen molar-refractivity contribution >= 4 is 23.2 Å². The van der Waals surface area contributed by atoms with E-state index in [-0.39, 0.29) is 11.9 Å². The lowest BCUT2D eigenvalue weighted by Gasteiger charge is -2.33. The van der Waals surface area contributed by atoms with E-state index in [1.165, 1.54) is 11.1 Å². The smallest absolute Gasteiger partial charge is 0.241 e. The fourth-order valence-electron chi connectivity index (χ4n) is 4.56. The minimum absolute atomic E-state index is 0.237. The van der Waals surface area contributed by atoms with E-state index in [1.54, 1.807) is 0 Å². The van der Waals surface area contributed by atoms with Gasteiger partial charge in [0.2, 0.25) is 5.91 Å². The Hall–Kier alpha value is -1.84. The zero-order valence-corrected chi connectivity index (χ0v) is 16.7. The van der Waals surface area contributed by atoms with Crippen LogP contribution in [0.5, 0.6) is 0 Å². The van der Waals surface area contributed by atoms with Crippen LogP contribution in [0.15, 0.2) is 48.5 Å². The third-order valence-electron chi connectivity index (χ3n) is 5.96. The Labute approximate surface area is 166 Å². The molecular formula is C23H27ClN2O. The number of para-hydroxylation sites is 1. The van der Waals surface area contributed by atoms with Crippen LogP contribution in [0.1, 0.15) is 30.9 Å². The molecule has 1 amide bonds. The average Bonchev–Trinajstić information content (AvgIpc) is 2.99. The molecule has 0 radical (unpaired) electrons. The van der Waals surface area contributed by atoms with Gasteiger partial charge in [0.1, 0.15) is 0 Å². The van der Waals surface area contributed by atoms with Crippen molar-refractivity contribution in [1.82, 2.24) is 4.90 Å². The first-order valence-corrected chi connectivity index (χ1v) is 10.3. The van der Waals surface area contributed by atoms with Gasteiger partial charge in [0.15, 0.2) is 0 Å². The van der Waals surface area contributed by atoms with Gasteiger partial charge in [-0.3, -0.25) is 9.69 Å². The third kappa shape index (κ3) is 4.20. The number of nitrogens with zero attached hydrogens (tertiary/aromatic N) is 2. The van der Waals surface area contributed by atoms with Gasteiger partial charge in [0.25, 0.3) is 0 Å². The molecular weight excluding hydrogens is 356 g/mol. The Morgan fingerprint density at radius 3 is 2.67 bits per heavy atom. The van der Waals surface area contributed by atoms with E-state index in [0.717, 1.165) is 49.5 Å². The van der Waals surface area contributed by atoms with Crippen LogP contribution in [0.4, 0.5) is 5.69 Å². The van der Waals surface area contributed by atoms with E-state index in [1.807, 2.05) is 23.1 Å². The number of benzene rings is 2. The highest BCUT2D eigenvalue weighted by atomic mass is 35.5. The summed E-state index contributed by atoms with van der Waals surface area (Å²) in [6.07, 6.45) is 4.33. The molecule has 0 saturated carbocycles. The Morgan fingerprint density at radius 1 is 1.11 bits per heavy atom. The van der Waals surface area contributed by atoms with Crippen molar-refractivity contribution in [3.8, 4) is 0 Å². The van der Waals surface area contributed by atoms with Gasteiger partial charge in [-0.2, -0.15) is 0 Å². The molecule has 3 nitrogen and oxygen atoms in total. The number of anilines is 1. The third-order valence-corrected chi connectivity index (χ3v) is 6.19. The fourth-order valence-corrected chi connectivity index (χ4v) is 4.77. The molecule has 4 rings (SSSR count). The van der Waals surface area contributed by atoms with Crippen LogP contribution in [0.25, 0.3) is 0 Å². The predicted octanol–water partition coefficient (Wildman–Crippen LogP) is 4.57. The van der Waals surface area contributed by atoms with E-state index >= 15 is 0 Å². The van der Waals surface area contributed by atoms with Gasteiger partial charge in [-0.05, 0) is 80.9 Å². The van der Waals surface area contributed by atoms with Gasteiger partial charge in [0.05, 0.1) is 6.54 Å². The van der Waals surface area contributed by atoms with Crippen molar-refractivity contribution in [3.63, 3.8) is 0 Å². The molecule has 0 bridgehead atoms. The maximum atomic E-state index is 13.0. The highest BCUT2D eigenvalue weighted by Crippen LogP contribution is 2.32. The van der Waals surface area contributed by atoms with Crippen LogP contribution >= 0.6 is 11.6 Å². The molecule has 4 heteroatoms. The van der Waals surface area contributed by atoms with Crippen molar-refractivity contribution < 1.29 is 4.79 Å². The second-order valence-electron chi connectivity index (χ2n) is 8.00. The summed E-state index contributed by atoms with van der Waals surface area (Å²) < 4.78 is 0. The second kappa shape index (κ2) is 8.04. The van der Waals surface area contributed by atoms with Gasteiger partial charge in [0, 0.05) is 16.8 Å². The van der Waals surface area contributed by atoms with Crippen molar-refractivity contribution in [3.05, 3.63) is 64.7 Å². The quantitative estimate of drug-likeness (QED) is 0.773. The van der Waals surface area contributed by atoms with Crippen LogP contribution in [0.3, 0.4) is 0 Å². The zero-order valence-electron chi connectivity index (χ0n) is 15.9. The average molecular weight is 383 g/mol. The predicted molar refractivity (Wildman–Crippen MR) is 111 cm³/mol. The van der Waals surface area contributed by atoms with Crippen LogP contribution in [0, 0.1) is 5.92 Å². The summed E-state index contributed by atoms with van der Waals surface area (Å²) in [6.45, 7) is 4.68. The van der Waals surface area contributed by atoms with E-state index in [4.69, 9.17) is 11.6 Å². The molecule has 2 aliphatic heterocycles. The Kier molecular flexibility index (Phi) is 5.51. The lowest BCUT2D eigenvalue weighted by atomic mass is 9.90. The van der Waals surface area contributed by atoms with Crippen molar-refractivity contribution in [2.24, 2.45) is 5.92 Å². The summed E-state index contributed by atoms with van der Waals surface area (Å²) >= 11 is 6.10. The maximum absolute atomic E-state index is 13.0. The monoisotopic (exact) mass is 382 g/mol. The first-order valence-electron chi connectivity index (χ1n) is 9.97. The molecule has 2 aromatic rings. The molecule has 0 N–H and O–H groups in total. The number of hydrogen-bond donors (Lipinski definition) is 0. The SMILES string of the molecule is CC1Cc2ccccc2N1C(=O)CN1CCC(Cc2cccc(Cl)c2)CC1. The first-order chi connectivity index (χ1) is 13.1. The summed E-state index contributed by atoms with van der Waals surface area (Å²) in [6, 6.07) is 16.8. The summed E-state index contributed by atoms with van der Waals surface area (Å²) in [7, 11) is 0. The van der Waals surface area contributed by atoms with Crippen LogP contribution < -0.4 is 4.90 Å². The topological polar surface area (TPSA) is 23.6 Å². The van der Waals surface area contributed by atoms with Crippen LogP contribution in [0.2, 0.25) is 5.02 Å². The van der Waals surface area contributed by atoms with Crippen LogP contribution in [-0.2, 0) is 17.6 Å². The highest BCUT2D eigenvalue weighted by Gasteiger charge is 2.32. The number of likely N-dealkylation sites (tertiary alicyclic amines) is 1. The molecule has 2 aliphatic rings. The number of rotatable bonds is 4. The Morgan fingerprint density at radius 2 is 1.89 bits per heavy atom. The van der Waals surface area contributed by atoms with E-state index in [2.05, 4.69) is 42.2 Å². The number of carbonyl (C=O) groups excluding carboxylic acids is 1. The molecule has 0 aromatic heterocycles. The van der Waals surface area contributed by atoms with Gasteiger partial charge < -0.3 is 4.90 Å². The Bertz CT molecular complexity index is 814. The fraction of sp³-hybridized carbons (Fsp3) is 0.435. The van der Waals surface area contributed by atoms with E-state index in [9.17, 15) is 4.79 Å². The lowest BCUT2D eigenvalue weighted by Crippen LogP contribution is -2.45. The molecule has 1 saturated heterocycles. The second-order valence-corrected chi connectivity index (χ2v) is 8.44. The van der Waals surface area contributed by atoms with E-state index < -0.39 is 0 Å². The Balaban J connectivity index is 1.31.